The molecule has 2 amide bonds. The first-order chi connectivity index (χ1) is 16.7. The van der Waals surface area contributed by atoms with Gasteiger partial charge in [-0.25, -0.2) is 9.78 Å². The van der Waals surface area contributed by atoms with E-state index < -0.39 is 69.1 Å². The van der Waals surface area contributed by atoms with Crippen molar-refractivity contribution in [2.45, 2.75) is 45.5 Å². The van der Waals surface area contributed by atoms with Gasteiger partial charge in [-0.15, -0.1) is 0 Å². The van der Waals surface area contributed by atoms with Crippen LogP contribution in [0.3, 0.4) is 0 Å². The monoisotopic (exact) mass is 530 g/mol. The van der Waals surface area contributed by atoms with Crippen LogP contribution in [0.5, 0.6) is 5.75 Å². The van der Waals surface area contributed by atoms with Gasteiger partial charge < -0.3 is 19.3 Å². The number of carbonyl (C=O) groups is 2. The molecule has 2 aliphatic heterocycles. The molecule has 194 valence electrons. The van der Waals surface area contributed by atoms with E-state index in [1.54, 1.807) is 20.8 Å². The molecule has 0 aliphatic carbocycles. The summed E-state index contributed by atoms with van der Waals surface area (Å²) in [6.07, 6.45) is -5.39. The number of rotatable bonds is 1. The van der Waals surface area contributed by atoms with Crippen LogP contribution in [0, 0.1) is 12.9 Å². The lowest BCUT2D eigenvalue weighted by Gasteiger charge is -2.40. The first kappa shape index (κ1) is 25.9. The average molecular weight is 531 g/mol. The zero-order valence-corrected chi connectivity index (χ0v) is 20.6. The number of aryl methyl sites for hydroxylation is 1. The molecule has 0 radical (unpaired) electrons. The van der Waals surface area contributed by atoms with Crippen molar-refractivity contribution < 1.29 is 36.6 Å². The number of carbonyl (C=O) groups excluding carboxylic acids is 2. The third kappa shape index (κ3) is 4.91. The fourth-order valence-corrected chi connectivity index (χ4v) is 4.32. The normalized spacial score (nSPS) is 18.2. The number of aromatic nitrogens is 2. The fraction of sp³-hybridized carbons (Fsp3) is 0.478. The van der Waals surface area contributed by atoms with Crippen molar-refractivity contribution in [3.8, 4) is 17.1 Å². The van der Waals surface area contributed by atoms with Gasteiger partial charge in [0.15, 0.2) is 5.75 Å². The van der Waals surface area contributed by atoms with Crippen molar-refractivity contribution in [1.82, 2.24) is 19.8 Å². The van der Waals surface area contributed by atoms with Gasteiger partial charge >= 0.3 is 12.3 Å². The average Bonchev–Trinajstić information content (AvgIpc) is 2.91. The highest BCUT2D eigenvalue weighted by Crippen LogP contribution is 2.43. The molecule has 2 aromatic heterocycles. The SMILES string of the molecule is Cc1ccc(C(F)(F)F)c(-c2nc(F)c3c(c2Cl)OC[C@H]2CN(C(=O)OC(C)(C)C)CCN2C3=O)n1. The van der Waals surface area contributed by atoms with E-state index in [-0.39, 0.29) is 31.9 Å². The molecular weight excluding hydrogens is 508 g/mol. The molecule has 0 spiro atoms. The first-order valence-corrected chi connectivity index (χ1v) is 11.4. The molecule has 1 fully saturated rings. The molecule has 0 aromatic carbocycles. The number of alkyl halides is 3. The topological polar surface area (TPSA) is 84.9 Å². The van der Waals surface area contributed by atoms with Gasteiger partial charge in [0.2, 0.25) is 5.95 Å². The Hall–Kier alpha value is -3.15. The lowest BCUT2D eigenvalue weighted by atomic mass is 10.1. The number of hydrogen-bond donors (Lipinski definition) is 0. The van der Waals surface area contributed by atoms with Crippen molar-refractivity contribution in [2.75, 3.05) is 26.2 Å². The Morgan fingerprint density at radius 3 is 2.50 bits per heavy atom. The van der Waals surface area contributed by atoms with Gasteiger partial charge in [-0.3, -0.25) is 9.78 Å². The lowest BCUT2D eigenvalue weighted by molar-refractivity contribution is -0.137. The number of piperazine rings is 1. The molecule has 1 atom stereocenters. The molecule has 0 saturated carbocycles. The molecule has 0 N–H and O–H groups in total. The third-order valence-corrected chi connectivity index (χ3v) is 5.99. The molecular formula is C23H23ClF4N4O4. The summed E-state index contributed by atoms with van der Waals surface area (Å²) in [7, 11) is 0. The summed E-state index contributed by atoms with van der Waals surface area (Å²) in [5.41, 5.74) is -3.51. The van der Waals surface area contributed by atoms with Crippen molar-refractivity contribution in [2.24, 2.45) is 0 Å². The fourth-order valence-electron chi connectivity index (χ4n) is 4.04. The number of fused-ring (bicyclic) bond motifs is 2. The van der Waals surface area contributed by atoms with Gasteiger partial charge in [0.05, 0.1) is 11.6 Å². The lowest BCUT2D eigenvalue weighted by Crippen LogP contribution is -2.58. The highest BCUT2D eigenvalue weighted by Gasteiger charge is 2.42. The predicted octanol–water partition coefficient (Wildman–Crippen LogP) is 4.72. The highest BCUT2D eigenvalue weighted by atomic mass is 35.5. The van der Waals surface area contributed by atoms with Crippen LogP contribution in [0.25, 0.3) is 11.4 Å². The van der Waals surface area contributed by atoms with E-state index in [1.807, 2.05) is 0 Å². The quantitative estimate of drug-likeness (QED) is 0.392. The summed E-state index contributed by atoms with van der Waals surface area (Å²) in [5.74, 6) is -2.54. The molecule has 2 aromatic rings. The van der Waals surface area contributed by atoms with Crippen LogP contribution in [0.4, 0.5) is 22.4 Å². The number of nitrogens with zero attached hydrogens (tertiary/aromatic N) is 4. The summed E-state index contributed by atoms with van der Waals surface area (Å²) < 4.78 is 67.2. The first-order valence-electron chi connectivity index (χ1n) is 11.0. The molecule has 4 heterocycles. The number of pyridine rings is 2. The van der Waals surface area contributed by atoms with Gasteiger partial charge in [0.1, 0.15) is 34.2 Å². The summed E-state index contributed by atoms with van der Waals surface area (Å²) in [6, 6.07) is 1.29. The molecule has 4 rings (SSSR count). The maximum absolute atomic E-state index is 15.2. The second-order valence-electron chi connectivity index (χ2n) is 9.51. The Morgan fingerprint density at radius 2 is 1.86 bits per heavy atom. The smallest absolute Gasteiger partial charge is 0.418 e. The van der Waals surface area contributed by atoms with Crippen molar-refractivity contribution in [3.05, 3.63) is 39.9 Å². The number of halogens is 5. The summed E-state index contributed by atoms with van der Waals surface area (Å²) >= 11 is 6.38. The second-order valence-corrected chi connectivity index (χ2v) is 9.88. The van der Waals surface area contributed by atoms with Gasteiger partial charge in [-0.05, 0) is 39.8 Å². The van der Waals surface area contributed by atoms with Crippen molar-refractivity contribution in [1.29, 1.82) is 0 Å². The van der Waals surface area contributed by atoms with Crippen LogP contribution in [-0.2, 0) is 10.9 Å². The van der Waals surface area contributed by atoms with E-state index in [0.717, 1.165) is 12.1 Å². The van der Waals surface area contributed by atoms with Gasteiger partial charge in [-0.2, -0.15) is 17.6 Å². The standard InChI is InChI=1S/C23H23ClF4N4O4/c1-11-5-6-13(23(26,27)28)16(29-11)17-15(24)18-14(19(25)30-17)20(33)32-8-7-31(9-12(32)10-35-18)21(34)36-22(2,3)4/h5-6,12H,7-10H2,1-4H3/t12-/m1/s1. The predicted molar refractivity (Wildman–Crippen MR) is 120 cm³/mol. The molecule has 0 bridgehead atoms. The number of ether oxygens (including phenoxy) is 2. The van der Waals surface area contributed by atoms with Crippen molar-refractivity contribution in [3.63, 3.8) is 0 Å². The highest BCUT2D eigenvalue weighted by molar-refractivity contribution is 6.35. The van der Waals surface area contributed by atoms with Crippen LogP contribution < -0.4 is 4.74 Å². The van der Waals surface area contributed by atoms with Crippen LogP contribution >= 0.6 is 11.6 Å². The second kappa shape index (κ2) is 9.06. The molecule has 13 heteroatoms. The Kier molecular flexibility index (Phi) is 6.52. The Morgan fingerprint density at radius 1 is 1.17 bits per heavy atom. The van der Waals surface area contributed by atoms with E-state index >= 15 is 4.39 Å². The Labute approximate surface area is 209 Å². The van der Waals surface area contributed by atoms with E-state index in [9.17, 15) is 22.8 Å². The third-order valence-electron chi connectivity index (χ3n) is 5.64. The maximum atomic E-state index is 15.2. The molecule has 36 heavy (non-hydrogen) atoms. The largest absolute Gasteiger partial charge is 0.489 e. The molecule has 2 aliphatic rings. The van der Waals surface area contributed by atoms with Crippen LogP contribution in [0.2, 0.25) is 5.02 Å². The Bertz CT molecular complexity index is 1230. The van der Waals surface area contributed by atoms with Crippen LogP contribution in [-0.4, -0.2) is 69.7 Å². The number of hydrogen-bond acceptors (Lipinski definition) is 6. The Balaban J connectivity index is 1.72. The molecule has 0 unspecified atom stereocenters. The van der Waals surface area contributed by atoms with Crippen molar-refractivity contribution >= 4 is 23.6 Å². The van der Waals surface area contributed by atoms with Gasteiger partial charge in [0, 0.05) is 25.3 Å². The minimum atomic E-state index is -4.81. The maximum Gasteiger partial charge on any atom is 0.418 e. The number of amides is 2. The van der Waals surface area contributed by atoms with E-state index in [0.29, 0.717) is 0 Å². The summed E-state index contributed by atoms with van der Waals surface area (Å²) in [5, 5.41) is -0.466. The van der Waals surface area contributed by atoms with E-state index in [1.165, 1.54) is 16.7 Å². The van der Waals surface area contributed by atoms with E-state index in [4.69, 9.17) is 21.1 Å². The van der Waals surface area contributed by atoms with Crippen LogP contribution in [0.1, 0.15) is 42.4 Å². The minimum Gasteiger partial charge on any atom is -0.489 e. The molecule has 8 nitrogen and oxygen atoms in total. The minimum absolute atomic E-state index is 0.0474. The zero-order chi connectivity index (χ0) is 26.6. The molecule has 1 saturated heterocycles. The summed E-state index contributed by atoms with van der Waals surface area (Å²) in [6.45, 7) is 6.68. The van der Waals surface area contributed by atoms with E-state index in [2.05, 4.69) is 9.97 Å². The van der Waals surface area contributed by atoms with Crippen LogP contribution in [0.15, 0.2) is 12.1 Å². The summed E-state index contributed by atoms with van der Waals surface area (Å²) in [4.78, 5) is 36.0. The van der Waals surface area contributed by atoms with Gasteiger partial charge in [0.25, 0.3) is 5.91 Å². The zero-order valence-electron chi connectivity index (χ0n) is 19.9. The van der Waals surface area contributed by atoms with Gasteiger partial charge in [-0.1, -0.05) is 11.6 Å².